The molecular weight excluding hydrogens is 550 g/mol. The van der Waals surface area contributed by atoms with Gasteiger partial charge in [-0.3, -0.25) is 4.79 Å². The Morgan fingerprint density at radius 3 is 2.23 bits per heavy atom. The summed E-state index contributed by atoms with van der Waals surface area (Å²) < 4.78 is 12.9. The fraction of sp³-hybridized carbons (Fsp3) is 0.868. The summed E-state index contributed by atoms with van der Waals surface area (Å²) >= 11 is 0. The van der Waals surface area contributed by atoms with Crippen molar-refractivity contribution in [3.8, 4) is 0 Å². The summed E-state index contributed by atoms with van der Waals surface area (Å²) in [7, 11) is 1.76. The molecule has 0 spiro atoms. The number of allylic oxidation sites excluding steroid dienone is 1. The highest BCUT2D eigenvalue weighted by molar-refractivity contribution is 5.73. The SMILES string of the molecule is C=C(C)[C@@](C)(N)CO[C@H]1[C@H](OC)C[C@]2([C@H](C)O)C3=CC[C@@]4(C)[C@H](C(=O)O)[C@@](C)([C@H](C)C(C)C)CC[C@]4(C)[C@H]3CC[C@H]2C1(C)C. The number of hydrogen-bond acceptors (Lipinski definition) is 5. The van der Waals surface area contributed by atoms with Crippen molar-refractivity contribution in [1.29, 1.82) is 0 Å². The van der Waals surface area contributed by atoms with Crippen molar-refractivity contribution in [2.75, 3.05) is 13.7 Å². The number of carboxylic acids is 1. The van der Waals surface area contributed by atoms with Gasteiger partial charge in [0.2, 0.25) is 0 Å². The van der Waals surface area contributed by atoms with Crippen molar-refractivity contribution in [3.63, 3.8) is 0 Å². The molecule has 6 heteroatoms. The first kappa shape index (κ1) is 35.6. The molecule has 0 unspecified atom stereocenters. The number of nitrogens with two attached hydrogens (primary N) is 1. The van der Waals surface area contributed by atoms with Crippen LogP contribution in [0.2, 0.25) is 0 Å². The van der Waals surface area contributed by atoms with Crippen molar-refractivity contribution in [3.05, 3.63) is 23.8 Å². The summed E-state index contributed by atoms with van der Waals surface area (Å²) in [6.45, 7) is 28.5. The van der Waals surface area contributed by atoms with Gasteiger partial charge >= 0.3 is 5.97 Å². The van der Waals surface area contributed by atoms with Crippen LogP contribution < -0.4 is 5.73 Å². The second kappa shape index (κ2) is 11.5. The normalized spacial score (nSPS) is 44.3. The van der Waals surface area contributed by atoms with Crippen molar-refractivity contribution in [2.45, 2.75) is 139 Å². The molecule has 0 aromatic heterocycles. The summed E-state index contributed by atoms with van der Waals surface area (Å²) in [6.07, 6.45) is 6.68. The van der Waals surface area contributed by atoms with Crippen LogP contribution in [0.3, 0.4) is 0 Å². The molecule has 3 fully saturated rings. The number of aliphatic carboxylic acids is 1. The molecule has 0 aliphatic heterocycles. The second-order valence-electron chi connectivity index (χ2n) is 17.6. The number of carboxylic acid groups (broad SMARTS) is 1. The van der Waals surface area contributed by atoms with Crippen LogP contribution in [-0.2, 0) is 14.3 Å². The number of aliphatic hydroxyl groups is 1. The minimum absolute atomic E-state index is 0.181. The van der Waals surface area contributed by atoms with E-state index in [2.05, 4.69) is 68.0 Å². The van der Waals surface area contributed by atoms with E-state index >= 15 is 0 Å². The zero-order chi connectivity index (χ0) is 33.4. The Kier molecular flexibility index (Phi) is 9.31. The van der Waals surface area contributed by atoms with E-state index in [-0.39, 0.29) is 45.7 Å². The third kappa shape index (κ3) is 4.90. The second-order valence-corrected chi connectivity index (χ2v) is 17.6. The standard InChI is InChI=1S/C38H65NO5/c1-22(2)24(5)34(9)18-19-35(10)26-14-15-29-33(7,8)31(44-21-37(12,39)23(3)4)28(43-13)20-38(29,25(6)40)27(26)16-17-36(35,11)30(34)32(41)42/h16,22,24-26,28-31,40H,3,14-15,17-21,39H2,1-2,4-13H3,(H,41,42)/t24-,25+,26+,28-,29+,30-,31+,34-,35-,36+,37+,38+/m1/s1. The minimum atomic E-state index is -0.649. The molecule has 252 valence electrons. The first-order valence-corrected chi connectivity index (χ1v) is 17.3. The number of hydrogen-bond donors (Lipinski definition) is 3. The highest BCUT2D eigenvalue weighted by Gasteiger charge is 2.71. The quantitative estimate of drug-likeness (QED) is 0.231. The Hall–Kier alpha value is -1.21. The van der Waals surface area contributed by atoms with Crippen molar-refractivity contribution in [1.82, 2.24) is 0 Å². The van der Waals surface area contributed by atoms with E-state index in [1.165, 1.54) is 5.57 Å². The van der Waals surface area contributed by atoms with E-state index in [1.54, 1.807) is 7.11 Å². The van der Waals surface area contributed by atoms with E-state index in [0.29, 0.717) is 24.9 Å². The maximum Gasteiger partial charge on any atom is 0.307 e. The van der Waals surface area contributed by atoms with Crippen LogP contribution in [0.4, 0.5) is 0 Å². The Labute approximate surface area is 268 Å². The van der Waals surface area contributed by atoms with E-state index in [9.17, 15) is 15.0 Å². The van der Waals surface area contributed by atoms with Crippen LogP contribution in [0.25, 0.3) is 0 Å². The Morgan fingerprint density at radius 2 is 1.73 bits per heavy atom. The number of carbonyl (C=O) groups is 1. The van der Waals surface area contributed by atoms with Gasteiger partial charge in [0.15, 0.2) is 0 Å². The zero-order valence-electron chi connectivity index (χ0n) is 30.0. The number of ether oxygens (including phenoxy) is 2. The van der Waals surface area contributed by atoms with Crippen LogP contribution in [0.15, 0.2) is 23.8 Å². The van der Waals surface area contributed by atoms with E-state index < -0.39 is 28.9 Å². The minimum Gasteiger partial charge on any atom is -0.481 e. The molecule has 4 aliphatic carbocycles. The van der Waals surface area contributed by atoms with Gasteiger partial charge in [-0.15, -0.1) is 0 Å². The van der Waals surface area contributed by atoms with Crippen LogP contribution in [-0.4, -0.2) is 53.7 Å². The lowest BCUT2D eigenvalue weighted by Gasteiger charge is -2.70. The first-order chi connectivity index (χ1) is 20.1. The van der Waals surface area contributed by atoms with Crippen molar-refractivity contribution < 1.29 is 24.5 Å². The Bertz CT molecular complexity index is 1160. The van der Waals surface area contributed by atoms with Gasteiger partial charge in [0.05, 0.1) is 36.4 Å². The molecule has 0 heterocycles. The third-order valence-corrected chi connectivity index (χ3v) is 15.0. The van der Waals surface area contributed by atoms with Gasteiger partial charge in [-0.05, 0) is 105 Å². The van der Waals surface area contributed by atoms with Crippen molar-refractivity contribution in [2.24, 2.45) is 62.4 Å². The number of aliphatic hydroxyl groups excluding tert-OH is 1. The summed E-state index contributed by atoms with van der Waals surface area (Å²) in [5, 5.41) is 22.9. The third-order valence-electron chi connectivity index (χ3n) is 15.0. The summed E-state index contributed by atoms with van der Waals surface area (Å²) in [5.41, 5.74) is 6.54. The predicted octanol–water partition coefficient (Wildman–Crippen LogP) is 7.64. The van der Waals surface area contributed by atoms with Gasteiger partial charge in [0, 0.05) is 12.5 Å². The topological polar surface area (TPSA) is 102 Å². The lowest BCUT2D eigenvalue weighted by molar-refractivity contribution is -0.231. The first-order valence-electron chi connectivity index (χ1n) is 17.3. The molecule has 4 N–H and O–H groups in total. The van der Waals surface area contributed by atoms with E-state index in [0.717, 1.165) is 37.7 Å². The molecular formula is C38H65NO5. The van der Waals surface area contributed by atoms with Gasteiger partial charge in [0.1, 0.15) is 0 Å². The van der Waals surface area contributed by atoms with Gasteiger partial charge in [0.25, 0.3) is 0 Å². The predicted molar refractivity (Wildman–Crippen MR) is 178 cm³/mol. The van der Waals surface area contributed by atoms with Gasteiger partial charge in [-0.1, -0.05) is 79.2 Å². The van der Waals surface area contributed by atoms with Crippen LogP contribution in [0.5, 0.6) is 0 Å². The van der Waals surface area contributed by atoms with Crippen LogP contribution in [0, 0.1) is 56.7 Å². The largest absolute Gasteiger partial charge is 0.481 e. The fourth-order valence-electron chi connectivity index (χ4n) is 11.4. The Morgan fingerprint density at radius 1 is 1.11 bits per heavy atom. The number of rotatable bonds is 9. The molecule has 0 aromatic carbocycles. The zero-order valence-corrected chi connectivity index (χ0v) is 30.0. The highest BCUT2D eigenvalue weighted by Crippen LogP contribution is 2.74. The molecule has 4 rings (SSSR count). The average Bonchev–Trinajstić information content (AvgIpc) is 2.91. The molecule has 4 aliphatic rings. The molecule has 0 aromatic rings. The Balaban J connectivity index is 1.82. The van der Waals surface area contributed by atoms with Crippen molar-refractivity contribution >= 4 is 5.97 Å². The smallest absolute Gasteiger partial charge is 0.307 e. The lowest BCUT2D eigenvalue weighted by Crippen LogP contribution is -2.68. The number of methoxy groups -OCH3 is 1. The summed E-state index contributed by atoms with van der Waals surface area (Å²) in [4.78, 5) is 13.3. The highest BCUT2D eigenvalue weighted by atomic mass is 16.5. The van der Waals surface area contributed by atoms with Crippen LogP contribution >= 0.6 is 0 Å². The summed E-state index contributed by atoms with van der Waals surface area (Å²) in [5.74, 6) is 0.0277. The molecule has 12 atom stereocenters. The molecule has 6 nitrogen and oxygen atoms in total. The molecule has 3 saturated carbocycles. The average molecular weight is 616 g/mol. The number of fused-ring (bicyclic) bond motifs is 5. The van der Waals surface area contributed by atoms with E-state index in [1.807, 2.05) is 20.8 Å². The van der Waals surface area contributed by atoms with Gasteiger partial charge < -0.3 is 25.4 Å². The molecule has 0 amide bonds. The molecule has 0 bridgehead atoms. The maximum atomic E-state index is 13.3. The van der Waals surface area contributed by atoms with Gasteiger partial charge in [-0.25, -0.2) is 0 Å². The maximum absolute atomic E-state index is 13.3. The van der Waals surface area contributed by atoms with E-state index in [4.69, 9.17) is 15.2 Å². The van der Waals surface area contributed by atoms with Crippen LogP contribution in [0.1, 0.15) is 115 Å². The fourth-order valence-corrected chi connectivity index (χ4v) is 11.4. The molecule has 44 heavy (non-hydrogen) atoms. The van der Waals surface area contributed by atoms with Gasteiger partial charge in [-0.2, -0.15) is 0 Å². The molecule has 0 radical (unpaired) electrons. The summed E-state index contributed by atoms with van der Waals surface area (Å²) in [6, 6.07) is 0. The monoisotopic (exact) mass is 615 g/mol. The molecule has 0 saturated heterocycles. The lowest BCUT2D eigenvalue weighted by atomic mass is 9.34.